The standard InChI is InChI=1S/C13H17NO3/c1-13(2,3)17-12(16)14-9-8-10-6-4-5-7-11(10)15/h4-9,15H,1-3H3,(H,14,16). The van der Waals surface area contributed by atoms with E-state index in [0.717, 1.165) is 0 Å². The molecule has 0 radical (unpaired) electrons. The number of phenolic OH excluding ortho intramolecular Hbond substituents is 1. The zero-order valence-corrected chi connectivity index (χ0v) is 10.2. The van der Waals surface area contributed by atoms with Crippen LogP contribution in [0.15, 0.2) is 30.5 Å². The zero-order valence-electron chi connectivity index (χ0n) is 10.2. The summed E-state index contributed by atoms with van der Waals surface area (Å²) < 4.78 is 5.04. The molecule has 1 aromatic rings. The van der Waals surface area contributed by atoms with Crippen molar-refractivity contribution in [3.05, 3.63) is 36.0 Å². The second kappa shape index (κ2) is 5.39. The van der Waals surface area contributed by atoms with Crippen molar-refractivity contribution in [1.82, 2.24) is 5.32 Å². The fourth-order valence-electron chi connectivity index (χ4n) is 1.14. The predicted molar refractivity (Wildman–Crippen MR) is 66.5 cm³/mol. The minimum Gasteiger partial charge on any atom is -0.507 e. The summed E-state index contributed by atoms with van der Waals surface area (Å²) in [6.07, 6.45) is 2.51. The Hall–Kier alpha value is -1.97. The second-order valence-electron chi connectivity index (χ2n) is 4.54. The summed E-state index contributed by atoms with van der Waals surface area (Å²) in [5, 5.41) is 11.9. The van der Waals surface area contributed by atoms with Gasteiger partial charge in [-0.05, 0) is 32.9 Å². The first-order valence-electron chi connectivity index (χ1n) is 5.32. The highest BCUT2D eigenvalue weighted by molar-refractivity contribution is 5.70. The molecule has 0 fully saturated rings. The Morgan fingerprint density at radius 2 is 2.00 bits per heavy atom. The third-order valence-electron chi connectivity index (χ3n) is 1.80. The first-order chi connectivity index (χ1) is 7.88. The van der Waals surface area contributed by atoms with Gasteiger partial charge in [0.2, 0.25) is 0 Å². The molecular weight excluding hydrogens is 218 g/mol. The maximum atomic E-state index is 11.3. The Balaban J connectivity index is 2.51. The molecule has 0 heterocycles. The molecule has 0 saturated carbocycles. The lowest BCUT2D eigenvalue weighted by molar-refractivity contribution is 0.0553. The van der Waals surface area contributed by atoms with Gasteiger partial charge in [0.15, 0.2) is 0 Å². The van der Waals surface area contributed by atoms with Gasteiger partial charge in [0.1, 0.15) is 11.4 Å². The van der Waals surface area contributed by atoms with Crippen molar-refractivity contribution < 1.29 is 14.6 Å². The van der Waals surface area contributed by atoms with Gasteiger partial charge in [-0.25, -0.2) is 4.79 Å². The van der Waals surface area contributed by atoms with Crippen LogP contribution in [-0.2, 0) is 4.74 Å². The molecule has 0 atom stereocenters. The lowest BCUT2D eigenvalue weighted by atomic mass is 10.2. The van der Waals surface area contributed by atoms with E-state index in [1.54, 1.807) is 51.1 Å². The van der Waals surface area contributed by atoms with Gasteiger partial charge in [0.05, 0.1) is 0 Å². The second-order valence-corrected chi connectivity index (χ2v) is 4.54. The fraction of sp³-hybridized carbons (Fsp3) is 0.308. The van der Waals surface area contributed by atoms with Crippen LogP contribution < -0.4 is 5.32 Å². The number of rotatable bonds is 2. The van der Waals surface area contributed by atoms with Crippen molar-refractivity contribution in [2.75, 3.05) is 0 Å². The largest absolute Gasteiger partial charge is 0.507 e. The molecule has 0 saturated heterocycles. The lowest BCUT2D eigenvalue weighted by Crippen LogP contribution is -2.29. The molecule has 1 aromatic carbocycles. The summed E-state index contributed by atoms with van der Waals surface area (Å²) in [5.74, 6) is 0.162. The van der Waals surface area contributed by atoms with Crippen molar-refractivity contribution in [2.24, 2.45) is 0 Å². The van der Waals surface area contributed by atoms with Gasteiger partial charge in [0.25, 0.3) is 0 Å². The molecule has 1 amide bonds. The Labute approximate surface area is 101 Å². The van der Waals surface area contributed by atoms with E-state index in [4.69, 9.17) is 4.74 Å². The monoisotopic (exact) mass is 235 g/mol. The third-order valence-corrected chi connectivity index (χ3v) is 1.80. The number of carbonyl (C=O) groups excluding carboxylic acids is 1. The summed E-state index contributed by atoms with van der Waals surface area (Å²) in [4.78, 5) is 11.3. The minimum absolute atomic E-state index is 0.162. The van der Waals surface area contributed by atoms with Crippen LogP contribution in [-0.4, -0.2) is 16.8 Å². The van der Waals surface area contributed by atoms with Gasteiger partial charge >= 0.3 is 6.09 Å². The number of aromatic hydroxyl groups is 1. The Kier molecular flexibility index (Phi) is 4.15. The van der Waals surface area contributed by atoms with Crippen LogP contribution in [0.5, 0.6) is 5.75 Å². The molecule has 92 valence electrons. The molecule has 0 aromatic heterocycles. The van der Waals surface area contributed by atoms with E-state index < -0.39 is 11.7 Å². The number of ether oxygens (including phenoxy) is 1. The zero-order chi connectivity index (χ0) is 12.9. The molecule has 0 unspecified atom stereocenters. The van der Waals surface area contributed by atoms with E-state index in [1.165, 1.54) is 6.20 Å². The number of benzene rings is 1. The summed E-state index contributed by atoms with van der Waals surface area (Å²) in [7, 11) is 0. The number of hydrogen-bond acceptors (Lipinski definition) is 3. The van der Waals surface area contributed by atoms with E-state index in [-0.39, 0.29) is 5.75 Å². The molecular formula is C13H17NO3. The number of phenols is 1. The Morgan fingerprint density at radius 1 is 1.35 bits per heavy atom. The molecule has 2 N–H and O–H groups in total. The van der Waals surface area contributed by atoms with Crippen LogP contribution in [0.4, 0.5) is 4.79 Å². The molecule has 0 aliphatic carbocycles. The van der Waals surface area contributed by atoms with Crippen molar-refractivity contribution in [2.45, 2.75) is 26.4 Å². The van der Waals surface area contributed by atoms with E-state index >= 15 is 0 Å². The van der Waals surface area contributed by atoms with E-state index in [9.17, 15) is 9.90 Å². The van der Waals surface area contributed by atoms with Crippen LogP contribution in [0.1, 0.15) is 26.3 Å². The van der Waals surface area contributed by atoms with Crippen molar-refractivity contribution in [3.63, 3.8) is 0 Å². The highest BCUT2D eigenvalue weighted by Gasteiger charge is 2.14. The highest BCUT2D eigenvalue weighted by atomic mass is 16.6. The van der Waals surface area contributed by atoms with Gasteiger partial charge in [0, 0.05) is 11.8 Å². The van der Waals surface area contributed by atoms with Crippen molar-refractivity contribution in [3.8, 4) is 5.75 Å². The van der Waals surface area contributed by atoms with Crippen molar-refractivity contribution in [1.29, 1.82) is 0 Å². The molecule has 0 spiro atoms. The number of alkyl carbamates (subject to hydrolysis) is 1. The lowest BCUT2D eigenvalue weighted by Gasteiger charge is -2.18. The molecule has 0 aliphatic heterocycles. The smallest absolute Gasteiger partial charge is 0.411 e. The number of amides is 1. The predicted octanol–water partition coefficient (Wildman–Crippen LogP) is 2.89. The quantitative estimate of drug-likeness (QED) is 0.828. The number of hydrogen-bond donors (Lipinski definition) is 2. The van der Waals surface area contributed by atoms with Gasteiger partial charge in [-0.3, -0.25) is 5.32 Å². The van der Waals surface area contributed by atoms with Crippen LogP contribution in [0, 0.1) is 0 Å². The number of para-hydroxylation sites is 1. The molecule has 0 aliphatic rings. The normalized spacial score (nSPS) is 11.5. The number of nitrogens with one attached hydrogen (secondary N) is 1. The average Bonchev–Trinajstić information content (AvgIpc) is 2.18. The van der Waals surface area contributed by atoms with Gasteiger partial charge in [-0.15, -0.1) is 0 Å². The minimum atomic E-state index is -0.524. The van der Waals surface area contributed by atoms with Crippen LogP contribution in [0.3, 0.4) is 0 Å². The molecule has 4 heteroatoms. The summed E-state index contributed by atoms with van der Waals surface area (Å²) in [5.41, 5.74) is 0.107. The summed E-state index contributed by atoms with van der Waals surface area (Å²) >= 11 is 0. The highest BCUT2D eigenvalue weighted by Crippen LogP contribution is 2.16. The molecule has 4 nitrogen and oxygen atoms in total. The molecule has 0 bridgehead atoms. The van der Waals surface area contributed by atoms with E-state index in [0.29, 0.717) is 5.56 Å². The third kappa shape index (κ3) is 5.06. The maximum absolute atomic E-state index is 11.3. The van der Waals surface area contributed by atoms with Crippen molar-refractivity contribution >= 4 is 12.2 Å². The van der Waals surface area contributed by atoms with Gasteiger partial charge in [-0.1, -0.05) is 18.2 Å². The first kappa shape index (κ1) is 13.1. The Morgan fingerprint density at radius 3 is 2.59 bits per heavy atom. The van der Waals surface area contributed by atoms with Gasteiger partial charge in [-0.2, -0.15) is 0 Å². The molecule has 17 heavy (non-hydrogen) atoms. The average molecular weight is 235 g/mol. The topological polar surface area (TPSA) is 58.6 Å². The van der Waals surface area contributed by atoms with E-state index in [1.807, 2.05) is 0 Å². The van der Waals surface area contributed by atoms with E-state index in [2.05, 4.69) is 5.32 Å². The van der Waals surface area contributed by atoms with Crippen LogP contribution >= 0.6 is 0 Å². The van der Waals surface area contributed by atoms with Crippen LogP contribution in [0.2, 0.25) is 0 Å². The number of carbonyl (C=O) groups is 1. The Bertz CT molecular complexity index is 419. The maximum Gasteiger partial charge on any atom is 0.411 e. The molecule has 1 rings (SSSR count). The summed E-state index contributed by atoms with van der Waals surface area (Å²) in [6, 6.07) is 6.84. The summed E-state index contributed by atoms with van der Waals surface area (Å²) in [6.45, 7) is 5.37. The van der Waals surface area contributed by atoms with Gasteiger partial charge < -0.3 is 9.84 Å². The fourth-order valence-corrected chi connectivity index (χ4v) is 1.14. The van der Waals surface area contributed by atoms with Crippen LogP contribution in [0.25, 0.3) is 6.08 Å². The first-order valence-corrected chi connectivity index (χ1v) is 5.32. The SMILES string of the molecule is CC(C)(C)OC(=O)NC=Cc1ccccc1O.